The minimum atomic E-state index is -0.191. The number of carbonyl (C=O) groups excluding carboxylic acids is 1. The SMILES string of the molecule is CCOC(=O)CCOCCCc1ccc2c(c1)C(C)(C)C(C)=N2. The molecule has 0 unspecified atom stereocenters. The third-order valence-corrected chi connectivity index (χ3v) is 4.44. The van der Waals surface area contributed by atoms with Crippen molar-refractivity contribution in [1.29, 1.82) is 0 Å². The summed E-state index contributed by atoms with van der Waals surface area (Å²) in [6.45, 7) is 9.87. The molecule has 0 fully saturated rings. The van der Waals surface area contributed by atoms with E-state index in [0.717, 1.165) is 18.5 Å². The van der Waals surface area contributed by atoms with Crippen molar-refractivity contribution in [3.63, 3.8) is 0 Å². The first-order valence-corrected chi connectivity index (χ1v) is 8.37. The van der Waals surface area contributed by atoms with E-state index in [0.29, 0.717) is 26.2 Å². The summed E-state index contributed by atoms with van der Waals surface area (Å²) in [5.74, 6) is -0.191. The van der Waals surface area contributed by atoms with Gasteiger partial charge in [0.1, 0.15) is 0 Å². The molecule has 0 aliphatic carbocycles. The summed E-state index contributed by atoms with van der Waals surface area (Å²) in [5, 5.41) is 0. The molecule has 0 radical (unpaired) electrons. The number of esters is 1. The minimum absolute atomic E-state index is 0.0292. The highest BCUT2D eigenvalue weighted by Crippen LogP contribution is 2.40. The standard InChI is InChI=1S/C19H27NO3/c1-5-23-18(21)10-12-22-11-6-7-15-8-9-17-16(13-15)19(3,4)14(2)20-17/h8-9,13H,5-7,10-12H2,1-4H3. The van der Waals surface area contributed by atoms with Gasteiger partial charge in [-0.25, -0.2) is 0 Å². The number of carbonyl (C=O) groups is 1. The van der Waals surface area contributed by atoms with E-state index in [1.807, 2.05) is 6.92 Å². The van der Waals surface area contributed by atoms with Gasteiger partial charge in [0, 0.05) is 17.7 Å². The van der Waals surface area contributed by atoms with Crippen LogP contribution < -0.4 is 0 Å². The van der Waals surface area contributed by atoms with Gasteiger partial charge in [0.05, 0.1) is 25.3 Å². The van der Waals surface area contributed by atoms with Crippen LogP contribution >= 0.6 is 0 Å². The van der Waals surface area contributed by atoms with Gasteiger partial charge in [0.25, 0.3) is 0 Å². The second kappa shape index (κ2) is 7.73. The minimum Gasteiger partial charge on any atom is -0.466 e. The second-order valence-electron chi connectivity index (χ2n) is 6.44. The van der Waals surface area contributed by atoms with Crippen molar-refractivity contribution in [3.05, 3.63) is 29.3 Å². The molecule has 126 valence electrons. The molecule has 0 amide bonds. The molecule has 1 aliphatic rings. The third kappa shape index (κ3) is 4.41. The van der Waals surface area contributed by atoms with Gasteiger partial charge >= 0.3 is 5.97 Å². The van der Waals surface area contributed by atoms with Crippen molar-refractivity contribution in [2.45, 2.75) is 52.4 Å². The predicted molar refractivity (Wildman–Crippen MR) is 92.6 cm³/mol. The van der Waals surface area contributed by atoms with Gasteiger partial charge in [0.15, 0.2) is 0 Å². The van der Waals surface area contributed by atoms with Crippen LogP contribution in [0, 0.1) is 0 Å². The first kappa shape index (κ1) is 17.7. The number of benzene rings is 1. The van der Waals surface area contributed by atoms with Crippen LogP contribution in [0.3, 0.4) is 0 Å². The average Bonchev–Trinajstić information content (AvgIpc) is 2.73. The van der Waals surface area contributed by atoms with Crippen LogP contribution in [0.25, 0.3) is 0 Å². The molecular formula is C19H27NO3. The fourth-order valence-electron chi connectivity index (χ4n) is 2.72. The molecule has 0 saturated carbocycles. The Morgan fingerprint density at radius 3 is 2.78 bits per heavy atom. The molecule has 0 saturated heterocycles. The van der Waals surface area contributed by atoms with Crippen molar-refractivity contribution < 1.29 is 14.3 Å². The van der Waals surface area contributed by atoms with Crippen LogP contribution in [0.2, 0.25) is 0 Å². The fraction of sp³-hybridized carbons (Fsp3) is 0.579. The van der Waals surface area contributed by atoms with E-state index in [4.69, 9.17) is 9.47 Å². The lowest BCUT2D eigenvalue weighted by Crippen LogP contribution is -2.22. The van der Waals surface area contributed by atoms with Crippen molar-refractivity contribution in [3.8, 4) is 0 Å². The summed E-state index contributed by atoms with van der Waals surface area (Å²) in [5.41, 5.74) is 4.93. The van der Waals surface area contributed by atoms with Crippen molar-refractivity contribution in [1.82, 2.24) is 0 Å². The summed E-state index contributed by atoms with van der Waals surface area (Å²) in [6, 6.07) is 6.54. The molecule has 0 aromatic heterocycles. The van der Waals surface area contributed by atoms with Crippen molar-refractivity contribution >= 4 is 17.4 Å². The van der Waals surface area contributed by atoms with Crippen LogP contribution in [-0.4, -0.2) is 31.5 Å². The van der Waals surface area contributed by atoms with Crippen LogP contribution in [0.1, 0.15) is 51.7 Å². The Kier molecular flexibility index (Phi) is 5.94. The van der Waals surface area contributed by atoms with E-state index < -0.39 is 0 Å². The highest BCUT2D eigenvalue weighted by Gasteiger charge is 2.31. The molecule has 1 heterocycles. The number of hydrogen-bond acceptors (Lipinski definition) is 4. The maximum absolute atomic E-state index is 11.2. The molecule has 0 atom stereocenters. The smallest absolute Gasteiger partial charge is 0.308 e. The third-order valence-electron chi connectivity index (χ3n) is 4.44. The maximum Gasteiger partial charge on any atom is 0.308 e. The highest BCUT2D eigenvalue weighted by atomic mass is 16.5. The Bertz CT molecular complexity index is 590. The molecule has 4 heteroatoms. The van der Waals surface area contributed by atoms with Gasteiger partial charge in [-0.1, -0.05) is 26.0 Å². The van der Waals surface area contributed by atoms with Crippen LogP contribution in [0.15, 0.2) is 23.2 Å². The maximum atomic E-state index is 11.2. The van der Waals surface area contributed by atoms with Gasteiger partial charge in [-0.15, -0.1) is 0 Å². The van der Waals surface area contributed by atoms with Crippen molar-refractivity contribution in [2.75, 3.05) is 19.8 Å². The lowest BCUT2D eigenvalue weighted by molar-refractivity contribution is -0.144. The zero-order valence-corrected chi connectivity index (χ0v) is 14.6. The Morgan fingerprint density at radius 1 is 1.26 bits per heavy atom. The fourth-order valence-corrected chi connectivity index (χ4v) is 2.72. The summed E-state index contributed by atoms with van der Waals surface area (Å²) in [6.07, 6.45) is 2.25. The lowest BCUT2D eigenvalue weighted by Gasteiger charge is -2.20. The number of aliphatic imine (C=N–C) groups is 1. The van der Waals surface area contributed by atoms with Crippen molar-refractivity contribution in [2.24, 2.45) is 4.99 Å². The molecule has 2 rings (SSSR count). The van der Waals surface area contributed by atoms with Gasteiger partial charge in [0.2, 0.25) is 0 Å². The molecule has 23 heavy (non-hydrogen) atoms. The highest BCUT2D eigenvalue weighted by molar-refractivity contribution is 5.99. The van der Waals surface area contributed by atoms with Crippen LogP contribution in [0.4, 0.5) is 5.69 Å². The summed E-state index contributed by atoms with van der Waals surface area (Å²) in [7, 11) is 0. The first-order valence-electron chi connectivity index (χ1n) is 8.37. The molecule has 0 spiro atoms. The summed E-state index contributed by atoms with van der Waals surface area (Å²) < 4.78 is 10.4. The monoisotopic (exact) mass is 317 g/mol. The Labute approximate surface area is 138 Å². The van der Waals surface area contributed by atoms with Crippen LogP contribution in [0.5, 0.6) is 0 Å². The first-order chi connectivity index (χ1) is 10.9. The van der Waals surface area contributed by atoms with Crippen LogP contribution in [-0.2, 0) is 26.1 Å². The summed E-state index contributed by atoms with van der Waals surface area (Å²) >= 11 is 0. The molecule has 1 aromatic rings. The number of hydrogen-bond donors (Lipinski definition) is 0. The Balaban J connectivity index is 1.74. The zero-order valence-electron chi connectivity index (χ0n) is 14.6. The number of ether oxygens (including phenoxy) is 2. The lowest BCUT2D eigenvalue weighted by atomic mass is 9.81. The normalized spacial score (nSPS) is 15.2. The van der Waals surface area contributed by atoms with E-state index in [-0.39, 0.29) is 11.4 Å². The molecular weight excluding hydrogens is 290 g/mol. The Hall–Kier alpha value is -1.68. The van der Waals surface area contributed by atoms with Gasteiger partial charge in [-0.05, 0) is 43.9 Å². The quantitative estimate of drug-likeness (QED) is 0.538. The van der Waals surface area contributed by atoms with E-state index >= 15 is 0 Å². The molecule has 0 bridgehead atoms. The number of nitrogens with zero attached hydrogens (tertiary/aromatic N) is 1. The predicted octanol–water partition coefficient (Wildman–Crippen LogP) is 3.97. The van der Waals surface area contributed by atoms with Gasteiger partial charge in [-0.3, -0.25) is 9.79 Å². The summed E-state index contributed by atoms with van der Waals surface area (Å²) in [4.78, 5) is 15.8. The Morgan fingerprint density at radius 2 is 2.04 bits per heavy atom. The number of rotatable bonds is 8. The van der Waals surface area contributed by atoms with E-state index in [1.54, 1.807) is 0 Å². The largest absolute Gasteiger partial charge is 0.466 e. The van der Waals surface area contributed by atoms with E-state index in [1.165, 1.54) is 16.8 Å². The second-order valence-corrected chi connectivity index (χ2v) is 6.44. The molecule has 0 N–H and O–H groups in total. The average molecular weight is 317 g/mol. The molecule has 4 nitrogen and oxygen atoms in total. The van der Waals surface area contributed by atoms with Gasteiger partial charge < -0.3 is 9.47 Å². The van der Waals surface area contributed by atoms with Gasteiger partial charge in [-0.2, -0.15) is 0 Å². The molecule has 1 aliphatic heterocycles. The van der Waals surface area contributed by atoms with E-state index in [2.05, 4.69) is 44.0 Å². The zero-order chi connectivity index (χ0) is 16.9. The topological polar surface area (TPSA) is 47.9 Å². The number of aryl methyl sites for hydroxylation is 1. The number of fused-ring (bicyclic) bond motifs is 1. The van der Waals surface area contributed by atoms with E-state index in [9.17, 15) is 4.79 Å². The molecule has 1 aromatic carbocycles.